The van der Waals surface area contributed by atoms with Crippen LogP contribution in [0.5, 0.6) is 0 Å². The number of fused-ring (bicyclic) bond motifs is 1. The number of piperidine rings is 1. The molecule has 3 heterocycles. The van der Waals surface area contributed by atoms with E-state index in [9.17, 15) is 0 Å². The average molecular weight is 309 g/mol. The predicted molar refractivity (Wildman–Crippen MR) is 90.3 cm³/mol. The number of hydrogen-bond acceptors (Lipinski definition) is 4. The summed E-state index contributed by atoms with van der Waals surface area (Å²) in [4.78, 5) is 11.7. The monoisotopic (exact) mass is 309 g/mol. The predicted octanol–water partition coefficient (Wildman–Crippen LogP) is 3.53. The van der Waals surface area contributed by atoms with Crippen molar-refractivity contribution in [3.63, 3.8) is 0 Å². The number of ether oxygens (including phenoxy) is 1. The average Bonchev–Trinajstić information content (AvgIpc) is 3.03. The Balaban J connectivity index is 1.62. The van der Waals surface area contributed by atoms with Gasteiger partial charge in [0.15, 0.2) is 0 Å². The van der Waals surface area contributed by atoms with Crippen LogP contribution >= 0.6 is 0 Å². The summed E-state index contributed by atoms with van der Waals surface area (Å²) in [7, 11) is 0. The lowest BCUT2D eigenvalue weighted by atomic mass is 9.70. The molecule has 120 valence electrons. The molecule has 4 rings (SSSR count). The molecule has 1 atom stereocenters. The zero-order chi connectivity index (χ0) is 15.9. The molecule has 1 aromatic carbocycles. The summed E-state index contributed by atoms with van der Waals surface area (Å²) >= 11 is 0. The molecule has 0 spiro atoms. The topological polar surface area (TPSA) is 38.2 Å². The van der Waals surface area contributed by atoms with Crippen molar-refractivity contribution in [3.8, 4) is 0 Å². The first-order chi connectivity index (χ1) is 11.1. The van der Waals surface area contributed by atoms with E-state index in [-0.39, 0.29) is 5.41 Å². The van der Waals surface area contributed by atoms with Gasteiger partial charge in [0.05, 0.1) is 18.9 Å². The Morgan fingerprint density at radius 2 is 2.00 bits per heavy atom. The summed E-state index contributed by atoms with van der Waals surface area (Å²) < 4.78 is 5.46. The van der Waals surface area contributed by atoms with Gasteiger partial charge in [-0.1, -0.05) is 44.2 Å². The third kappa shape index (κ3) is 2.72. The summed E-state index contributed by atoms with van der Waals surface area (Å²) in [6.45, 7) is 7.99. The van der Waals surface area contributed by atoms with Crippen LogP contribution in [0, 0.1) is 5.41 Å². The minimum Gasteiger partial charge on any atom is -0.370 e. The molecule has 1 saturated heterocycles. The van der Waals surface area contributed by atoms with Crippen LogP contribution in [0.4, 0.5) is 5.95 Å². The van der Waals surface area contributed by atoms with E-state index < -0.39 is 0 Å². The summed E-state index contributed by atoms with van der Waals surface area (Å²) in [5.41, 5.74) is 3.88. The van der Waals surface area contributed by atoms with Crippen LogP contribution in [0.3, 0.4) is 0 Å². The molecule has 1 aromatic heterocycles. The standard InChI is InChI=1S/C19H23N3O/c1-19(2)8-9-22(11-16(19)14-6-4-3-5-7-14)18-20-10-15-12-23-13-17(15)21-18/h3-7,10,16H,8-9,11-13H2,1-2H3. The second kappa shape index (κ2) is 5.60. The molecule has 2 aliphatic rings. The summed E-state index contributed by atoms with van der Waals surface area (Å²) in [6, 6.07) is 10.8. The molecule has 0 aliphatic carbocycles. The van der Waals surface area contributed by atoms with Gasteiger partial charge in [-0.2, -0.15) is 0 Å². The SMILES string of the molecule is CC1(C)CCN(c2ncc3c(n2)COC3)CC1c1ccccc1. The molecule has 0 bridgehead atoms. The quantitative estimate of drug-likeness (QED) is 0.850. The molecule has 2 aromatic rings. The molecular formula is C19H23N3O. The van der Waals surface area contributed by atoms with Gasteiger partial charge in [0.2, 0.25) is 5.95 Å². The van der Waals surface area contributed by atoms with Crippen molar-refractivity contribution in [2.75, 3.05) is 18.0 Å². The Kier molecular flexibility index (Phi) is 3.57. The largest absolute Gasteiger partial charge is 0.370 e. The van der Waals surface area contributed by atoms with Gasteiger partial charge in [-0.05, 0) is 17.4 Å². The summed E-state index contributed by atoms with van der Waals surface area (Å²) in [6.07, 6.45) is 3.07. The Bertz CT molecular complexity index is 699. The van der Waals surface area contributed by atoms with Crippen LogP contribution < -0.4 is 4.90 Å². The molecule has 4 heteroatoms. The lowest BCUT2D eigenvalue weighted by Crippen LogP contribution is -2.44. The van der Waals surface area contributed by atoms with Crippen molar-refractivity contribution in [2.45, 2.75) is 39.4 Å². The number of benzene rings is 1. The smallest absolute Gasteiger partial charge is 0.225 e. The van der Waals surface area contributed by atoms with Gasteiger partial charge in [-0.15, -0.1) is 0 Å². The van der Waals surface area contributed by atoms with E-state index in [1.54, 1.807) is 0 Å². The Hall–Kier alpha value is -1.94. The van der Waals surface area contributed by atoms with Crippen molar-refractivity contribution in [1.29, 1.82) is 0 Å². The second-order valence-corrected chi connectivity index (χ2v) is 7.28. The van der Waals surface area contributed by atoms with Crippen LogP contribution in [0.15, 0.2) is 36.5 Å². The normalized spacial score (nSPS) is 22.9. The van der Waals surface area contributed by atoms with E-state index in [0.717, 1.165) is 36.7 Å². The van der Waals surface area contributed by atoms with Crippen molar-refractivity contribution >= 4 is 5.95 Å². The van der Waals surface area contributed by atoms with Crippen LogP contribution in [0.25, 0.3) is 0 Å². The first kappa shape index (κ1) is 14.6. The first-order valence-corrected chi connectivity index (χ1v) is 8.36. The third-order valence-electron chi connectivity index (χ3n) is 5.29. The molecule has 0 saturated carbocycles. The number of rotatable bonds is 2. The van der Waals surface area contributed by atoms with E-state index in [1.165, 1.54) is 5.56 Å². The van der Waals surface area contributed by atoms with Gasteiger partial charge in [0, 0.05) is 30.8 Å². The number of anilines is 1. The zero-order valence-electron chi connectivity index (χ0n) is 13.8. The fourth-order valence-corrected chi connectivity index (χ4v) is 3.67. The fourth-order valence-electron chi connectivity index (χ4n) is 3.67. The molecule has 0 amide bonds. The summed E-state index contributed by atoms with van der Waals surface area (Å²) in [5, 5.41) is 0. The highest BCUT2D eigenvalue weighted by atomic mass is 16.5. The number of hydrogen-bond donors (Lipinski definition) is 0. The highest BCUT2D eigenvalue weighted by Crippen LogP contribution is 2.42. The van der Waals surface area contributed by atoms with E-state index in [1.807, 2.05) is 6.20 Å². The zero-order valence-corrected chi connectivity index (χ0v) is 13.8. The Labute approximate surface area is 137 Å². The Morgan fingerprint density at radius 1 is 1.17 bits per heavy atom. The molecule has 1 unspecified atom stereocenters. The van der Waals surface area contributed by atoms with Crippen LogP contribution in [0.2, 0.25) is 0 Å². The molecular weight excluding hydrogens is 286 g/mol. The Morgan fingerprint density at radius 3 is 2.83 bits per heavy atom. The van der Waals surface area contributed by atoms with E-state index in [0.29, 0.717) is 19.1 Å². The first-order valence-electron chi connectivity index (χ1n) is 8.36. The maximum absolute atomic E-state index is 5.46. The molecule has 0 radical (unpaired) electrons. The minimum absolute atomic E-state index is 0.289. The van der Waals surface area contributed by atoms with Gasteiger partial charge >= 0.3 is 0 Å². The molecule has 4 nitrogen and oxygen atoms in total. The number of nitrogens with zero attached hydrogens (tertiary/aromatic N) is 3. The van der Waals surface area contributed by atoms with Gasteiger partial charge in [-0.3, -0.25) is 0 Å². The lowest BCUT2D eigenvalue weighted by molar-refractivity contribution is 0.133. The van der Waals surface area contributed by atoms with Crippen LogP contribution in [0.1, 0.15) is 43.0 Å². The van der Waals surface area contributed by atoms with Crippen LogP contribution in [-0.2, 0) is 18.0 Å². The van der Waals surface area contributed by atoms with Crippen LogP contribution in [-0.4, -0.2) is 23.1 Å². The van der Waals surface area contributed by atoms with Gasteiger partial charge in [-0.25, -0.2) is 9.97 Å². The number of aromatic nitrogens is 2. The minimum atomic E-state index is 0.289. The molecule has 0 N–H and O–H groups in total. The highest BCUT2D eigenvalue weighted by Gasteiger charge is 2.37. The molecule has 23 heavy (non-hydrogen) atoms. The van der Waals surface area contributed by atoms with Crippen molar-refractivity contribution in [3.05, 3.63) is 53.3 Å². The van der Waals surface area contributed by atoms with E-state index in [4.69, 9.17) is 9.72 Å². The third-order valence-corrected chi connectivity index (χ3v) is 5.29. The summed E-state index contributed by atoms with van der Waals surface area (Å²) in [5.74, 6) is 1.34. The van der Waals surface area contributed by atoms with Gasteiger partial charge in [0.25, 0.3) is 0 Å². The fraction of sp³-hybridized carbons (Fsp3) is 0.474. The van der Waals surface area contributed by atoms with Crippen molar-refractivity contribution in [1.82, 2.24) is 9.97 Å². The molecule has 2 aliphatic heterocycles. The van der Waals surface area contributed by atoms with Crippen molar-refractivity contribution < 1.29 is 4.74 Å². The van der Waals surface area contributed by atoms with E-state index in [2.05, 4.69) is 54.1 Å². The maximum Gasteiger partial charge on any atom is 0.225 e. The second-order valence-electron chi connectivity index (χ2n) is 7.28. The molecule has 1 fully saturated rings. The van der Waals surface area contributed by atoms with Gasteiger partial charge in [0.1, 0.15) is 0 Å². The lowest BCUT2D eigenvalue weighted by Gasteiger charge is -2.44. The van der Waals surface area contributed by atoms with Crippen molar-refractivity contribution in [2.24, 2.45) is 5.41 Å². The van der Waals surface area contributed by atoms with Gasteiger partial charge < -0.3 is 9.64 Å². The maximum atomic E-state index is 5.46. The van der Waals surface area contributed by atoms with E-state index >= 15 is 0 Å². The highest BCUT2D eigenvalue weighted by molar-refractivity contribution is 5.37.